The number of hydrogen-bond acceptors (Lipinski definition) is 6. The van der Waals surface area contributed by atoms with Gasteiger partial charge in [-0.2, -0.15) is 0 Å². The van der Waals surface area contributed by atoms with E-state index < -0.39 is 5.53 Å². The Morgan fingerprint density at radius 2 is 1.00 bits per heavy atom. The number of thiocarbonyl (C=S) groups is 3. The summed E-state index contributed by atoms with van der Waals surface area (Å²) in [6.07, 6.45) is 0. The highest BCUT2D eigenvalue weighted by molar-refractivity contribution is 9.19. The van der Waals surface area contributed by atoms with Crippen LogP contribution in [0.5, 0.6) is 0 Å². The quantitative estimate of drug-likeness (QED) is 0.537. The van der Waals surface area contributed by atoms with E-state index in [1.54, 1.807) is 0 Å². The minimum Gasteiger partial charge on any atom is -0.384 e. The van der Waals surface area contributed by atoms with E-state index >= 15 is 0 Å². The van der Waals surface area contributed by atoms with Gasteiger partial charge in [-0.05, 0) is 34.1 Å². The van der Waals surface area contributed by atoms with E-state index in [0.29, 0.717) is 13.0 Å². The van der Waals surface area contributed by atoms with Crippen LogP contribution in [0.2, 0.25) is 0 Å². The zero-order chi connectivity index (χ0) is 10.4. The summed E-state index contributed by atoms with van der Waals surface area (Å²) in [5.41, 5.74) is 15.4. The Kier molecular flexibility index (Phi) is 8.10. The SMILES string of the molecule is NC(=S)SP(SC(N)=S)SC(N)=S. The molecule has 0 saturated carbocycles. The first kappa shape index (κ1) is 14.2. The van der Waals surface area contributed by atoms with Gasteiger partial charge in [0.2, 0.25) is 0 Å². The fourth-order valence-corrected chi connectivity index (χ4v) is 12.4. The molecular formula is C3H6N3PS6. The lowest BCUT2D eigenvalue weighted by Crippen LogP contribution is -2.04. The molecule has 0 aliphatic carbocycles. The maximum atomic E-state index is 5.36. The maximum Gasteiger partial charge on any atom is 0.137 e. The summed E-state index contributed by atoms with van der Waals surface area (Å²) >= 11 is 18.2. The summed E-state index contributed by atoms with van der Waals surface area (Å²) in [7, 11) is 0. The molecule has 6 N–H and O–H groups in total. The molecule has 0 aliphatic heterocycles. The van der Waals surface area contributed by atoms with Crippen molar-refractivity contribution in [1.82, 2.24) is 0 Å². The fourth-order valence-electron chi connectivity index (χ4n) is 0.276. The van der Waals surface area contributed by atoms with Gasteiger partial charge >= 0.3 is 0 Å². The van der Waals surface area contributed by atoms with Crippen LogP contribution in [-0.2, 0) is 0 Å². The van der Waals surface area contributed by atoms with E-state index in [9.17, 15) is 0 Å². The molecule has 3 nitrogen and oxygen atoms in total. The maximum absolute atomic E-state index is 5.36. The summed E-state index contributed by atoms with van der Waals surface area (Å²) in [6.45, 7) is 0. The van der Waals surface area contributed by atoms with E-state index in [2.05, 4.69) is 0 Å². The largest absolute Gasteiger partial charge is 0.384 e. The number of nitrogens with two attached hydrogens (primary N) is 3. The molecule has 0 aromatic heterocycles. The molecule has 0 radical (unpaired) electrons. The average Bonchev–Trinajstić information content (AvgIpc) is 1.80. The normalized spacial score (nSPS) is 9.92. The van der Waals surface area contributed by atoms with Crippen molar-refractivity contribution in [3.8, 4) is 0 Å². The van der Waals surface area contributed by atoms with Crippen molar-refractivity contribution in [2.75, 3.05) is 0 Å². The van der Waals surface area contributed by atoms with Crippen LogP contribution in [0.4, 0.5) is 0 Å². The van der Waals surface area contributed by atoms with Crippen molar-refractivity contribution in [1.29, 1.82) is 0 Å². The van der Waals surface area contributed by atoms with Gasteiger partial charge in [0.25, 0.3) is 0 Å². The van der Waals surface area contributed by atoms with Crippen LogP contribution in [0.25, 0.3) is 0 Å². The number of hydrogen-bond donors (Lipinski definition) is 3. The molecule has 0 aromatic carbocycles. The molecule has 74 valence electrons. The molecule has 0 amide bonds. The van der Waals surface area contributed by atoms with Crippen LogP contribution in [-0.4, -0.2) is 13.0 Å². The van der Waals surface area contributed by atoms with Gasteiger partial charge < -0.3 is 17.2 Å². The molecule has 0 heterocycles. The summed E-state index contributed by atoms with van der Waals surface area (Å²) < 4.78 is 1.04. The van der Waals surface area contributed by atoms with Crippen molar-refractivity contribution in [2.45, 2.75) is 0 Å². The molecular weight excluding hydrogens is 301 g/mol. The van der Waals surface area contributed by atoms with Crippen LogP contribution in [0.15, 0.2) is 0 Å². The lowest BCUT2D eigenvalue weighted by Gasteiger charge is -2.11. The third-order valence-electron chi connectivity index (χ3n) is 0.494. The standard InChI is InChI=1S/C3H6N3PS6/c4-1(8)11-7(12-2(5)9)13-3(6)10/h(H2,4,8)(H2,5,9)(H2,6,10). The van der Waals surface area contributed by atoms with Gasteiger partial charge in [0.05, 0.1) is 5.53 Å². The van der Waals surface area contributed by atoms with E-state index in [1.807, 2.05) is 0 Å². The second-order valence-electron chi connectivity index (χ2n) is 1.45. The van der Waals surface area contributed by atoms with Crippen LogP contribution in [0, 0.1) is 0 Å². The predicted molar refractivity (Wildman–Crippen MR) is 80.0 cm³/mol. The Morgan fingerprint density at radius 1 is 0.769 bits per heavy atom. The lowest BCUT2D eigenvalue weighted by molar-refractivity contribution is 1.91. The second-order valence-corrected chi connectivity index (χ2v) is 12.9. The highest BCUT2D eigenvalue weighted by Crippen LogP contribution is 2.70. The Hall–Kier alpha value is 1.15. The Labute approximate surface area is 106 Å². The Balaban J connectivity index is 4.10. The minimum absolute atomic E-state index is 0.346. The van der Waals surface area contributed by atoms with Crippen LogP contribution >= 0.6 is 76.3 Å². The number of rotatable bonds is 3. The molecule has 0 aliphatic rings. The Morgan fingerprint density at radius 3 is 1.15 bits per heavy atom. The van der Waals surface area contributed by atoms with Gasteiger partial charge in [0, 0.05) is 0 Å². The second kappa shape index (κ2) is 7.44. The molecule has 0 bridgehead atoms. The first-order valence-corrected chi connectivity index (χ1v) is 9.47. The van der Waals surface area contributed by atoms with Gasteiger partial charge in [-0.15, -0.1) is 0 Å². The van der Waals surface area contributed by atoms with Crippen molar-refractivity contribution in [3.63, 3.8) is 0 Å². The van der Waals surface area contributed by atoms with Crippen LogP contribution in [0.1, 0.15) is 0 Å². The average molecular weight is 307 g/mol. The van der Waals surface area contributed by atoms with Crippen molar-refractivity contribution < 1.29 is 0 Å². The zero-order valence-corrected chi connectivity index (χ0v) is 11.9. The van der Waals surface area contributed by atoms with Crippen molar-refractivity contribution in [3.05, 3.63) is 0 Å². The molecule has 10 heteroatoms. The topological polar surface area (TPSA) is 78.1 Å². The third-order valence-corrected chi connectivity index (χ3v) is 10.5. The summed E-state index contributed by atoms with van der Waals surface area (Å²) in [5.74, 6) is 0. The van der Waals surface area contributed by atoms with Crippen LogP contribution < -0.4 is 17.2 Å². The first-order chi connectivity index (χ1) is 5.91. The molecule has 0 aromatic rings. The van der Waals surface area contributed by atoms with Gasteiger partial charge in [-0.1, -0.05) is 36.7 Å². The molecule has 0 fully saturated rings. The van der Waals surface area contributed by atoms with Crippen LogP contribution in [0.3, 0.4) is 0 Å². The van der Waals surface area contributed by atoms with Gasteiger partial charge in [0.1, 0.15) is 13.0 Å². The predicted octanol–water partition coefficient (Wildman–Crippen LogP) is 2.14. The highest BCUT2D eigenvalue weighted by atomic mass is 33.4. The zero-order valence-electron chi connectivity index (χ0n) is 6.13. The van der Waals surface area contributed by atoms with E-state index in [-0.39, 0.29) is 0 Å². The lowest BCUT2D eigenvalue weighted by atomic mass is 11.5. The first-order valence-electron chi connectivity index (χ1n) is 2.64. The highest BCUT2D eigenvalue weighted by Gasteiger charge is 2.15. The van der Waals surface area contributed by atoms with Gasteiger partial charge in [0.15, 0.2) is 0 Å². The monoisotopic (exact) mass is 307 g/mol. The van der Waals surface area contributed by atoms with Crippen molar-refractivity contribution in [2.24, 2.45) is 17.2 Å². The molecule has 13 heavy (non-hydrogen) atoms. The van der Waals surface area contributed by atoms with E-state index in [1.165, 1.54) is 34.1 Å². The summed E-state index contributed by atoms with van der Waals surface area (Å²) in [4.78, 5) is 0. The van der Waals surface area contributed by atoms with E-state index in [4.69, 9.17) is 53.9 Å². The molecule has 0 atom stereocenters. The van der Waals surface area contributed by atoms with E-state index in [0.717, 1.165) is 0 Å². The summed E-state index contributed by atoms with van der Waals surface area (Å²) in [5, 5.41) is 0. The molecule has 0 unspecified atom stereocenters. The Bertz CT molecular complexity index is 193. The minimum atomic E-state index is -0.728. The molecule has 0 spiro atoms. The molecule has 0 rings (SSSR count). The third kappa shape index (κ3) is 9.45. The fraction of sp³-hybridized carbons (Fsp3) is 0. The smallest absolute Gasteiger partial charge is 0.137 e. The van der Waals surface area contributed by atoms with Crippen molar-refractivity contribution >= 4 is 89.3 Å². The van der Waals surface area contributed by atoms with Gasteiger partial charge in [-0.25, -0.2) is 0 Å². The molecule has 0 saturated heterocycles. The summed E-state index contributed by atoms with van der Waals surface area (Å²) in [6, 6.07) is 0. The van der Waals surface area contributed by atoms with Gasteiger partial charge in [-0.3, -0.25) is 0 Å².